The first-order valence-electron chi connectivity index (χ1n) is 5.99. The maximum Gasteiger partial charge on any atom is 0.0821 e. The highest BCUT2D eigenvalue weighted by Crippen LogP contribution is 2.33. The van der Waals surface area contributed by atoms with E-state index in [1.54, 1.807) is 6.07 Å². The molecular formula is C13H19ClN2O. The molecule has 2 rings (SSSR count). The first-order valence-corrected chi connectivity index (χ1v) is 6.36. The van der Waals surface area contributed by atoms with Crippen LogP contribution in [0.25, 0.3) is 0 Å². The van der Waals surface area contributed by atoms with Crippen molar-refractivity contribution in [3.8, 4) is 0 Å². The van der Waals surface area contributed by atoms with Gasteiger partial charge in [0.05, 0.1) is 17.0 Å². The molecule has 0 bridgehead atoms. The van der Waals surface area contributed by atoms with Crippen LogP contribution < -0.4 is 10.6 Å². The lowest BCUT2D eigenvalue weighted by atomic mass is 10.0. The molecule has 0 heterocycles. The molecule has 3 nitrogen and oxygen atoms in total. The minimum atomic E-state index is -0.555. The second-order valence-corrected chi connectivity index (χ2v) is 5.43. The quantitative estimate of drug-likeness (QED) is 0.816. The average Bonchev–Trinajstić information content (AvgIpc) is 2.64. The van der Waals surface area contributed by atoms with Gasteiger partial charge in [-0.05, 0) is 31.0 Å². The molecule has 0 spiro atoms. The van der Waals surface area contributed by atoms with Crippen LogP contribution >= 0.6 is 11.6 Å². The first-order chi connectivity index (χ1) is 8.00. The number of nitrogens with two attached hydrogens (primary N) is 1. The van der Waals surface area contributed by atoms with E-state index in [4.69, 9.17) is 17.3 Å². The molecule has 94 valence electrons. The standard InChI is InChI=1S/C13H19ClN2O/c1-16(9-13(17)6-2-3-7-13)12-5-4-10(14)8-11(12)15/h4-5,8,17H,2-3,6-7,9,15H2,1H3. The zero-order chi connectivity index (χ0) is 12.5. The van der Waals surface area contributed by atoms with Crippen LogP contribution in [0.5, 0.6) is 0 Å². The van der Waals surface area contributed by atoms with Crippen LogP contribution in [0.15, 0.2) is 18.2 Å². The molecular weight excluding hydrogens is 236 g/mol. The van der Waals surface area contributed by atoms with Gasteiger partial charge in [0.1, 0.15) is 0 Å². The molecule has 1 aliphatic carbocycles. The molecule has 1 aromatic carbocycles. The molecule has 1 aromatic rings. The zero-order valence-electron chi connectivity index (χ0n) is 10.1. The maximum absolute atomic E-state index is 10.4. The van der Waals surface area contributed by atoms with Gasteiger partial charge in [0.15, 0.2) is 0 Å². The summed E-state index contributed by atoms with van der Waals surface area (Å²) in [7, 11) is 1.95. The Hall–Kier alpha value is -0.930. The summed E-state index contributed by atoms with van der Waals surface area (Å²) in [6, 6.07) is 5.46. The smallest absolute Gasteiger partial charge is 0.0821 e. The number of hydrogen-bond acceptors (Lipinski definition) is 3. The molecule has 3 N–H and O–H groups in total. The van der Waals surface area contributed by atoms with Gasteiger partial charge in [-0.2, -0.15) is 0 Å². The van der Waals surface area contributed by atoms with E-state index in [1.807, 2.05) is 24.1 Å². The van der Waals surface area contributed by atoms with Crippen molar-refractivity contribution in [1.82, 2.24) is 0 Å². The van der Waals surface area contributed by atoms with Crippen molar-refractivity contribution >= 4 is 23.0 Å². The third kappa shape index (κ3) is 2.85. The van der Waals surface area contributed by atoms with Crippen molar-refractivity contribution in [1.29, 1.82) is 0 Å². The van der Waals surface area contributed by atoms with Crippen molar-refractivity contribution in [3.05, 3.63) is 23.2 Å². The van der Waals surface area contributed by atoms with E-state index in [-0.39, 0.29) is 0 Å². The van der Waals surface area contributed by atoms with E-state index in [0.717, 1.165) is 31.4 Å². The molecule has 1 saturated carbocycles. The van der Waals surface area contributed by atoms with Gasteiger partial charge in [-0.15, -0.1) is 0 Å². The number of aliphatic hydroxyl groups is 1. The second kappa shape index (κ2) is 4.75. The van der Waals surface area contributed by atoms with Crippen LogP contribution in [0.2, 0.25) is 5.02 Å². The fourth-order valence-corrected chi connectivity index (χ4v) is 2.77. The minimum absolute atomic E-state index is 0.555. The normalized spacial score (nSPS) is 18.3. The first kappa shape index (κ1) is 12.5. The van der Waals surface area contributed by atoms with Crippen molar-refractivity contribution in [2.75, 3.05) is 24.2 Å². The number of nitrogens with zero attached hydrogens (tertiary/aromatic N) is 1. The van der Waals surface area contributed by atoms with E-state index in [2.05, 4.69) is 0 Å². The Balaban J connectivity index is 2.11. The Morgan fingerprint density at radius 2 is 2.06 bits per heavy atom. The summed E-state index contributed by atoms with van der Waals surface area (Å²) in [5.41, 5.74) is 6.96. The van der Waals surface area contributed by atoms with Gasteiger partial charge in [-0.25, -0.2) is 0 Å². The Bertz CT molecular complexity index is 402. The van der Waals surface area contributed by atoms with Crippen LogP contribution in [-0.4, -0.2) is 24.3 Å². The predicted octanol–water partition coefficient (Wildman–Crippen LogP) is 2.66. The summed E-state index contributed by atoms with van der Waals surface area (Å²) in [6.07, 6.45) is 3.98. The molecule has 0 aliphatic heterocycles. The van der Waals surface area contributed by atoms with Crippen LogP contribution in [-0.2, 0) is 0 Å². The van der Waals surface area contributed by atoms with E-state index < -0.39 is 5.60 Å². The van der Waals surface area contributed by atoms with Crippen LogP contribution in [0.1, 0.15) is 25.7 Å². The summed E-state index contributed by atoms with van der Waals surface area (Å²) >= 11 is 5.87. The van der Waals surface area contributed by atoms with Crippen molar-refractivity contribution in [2.24, 2.45) is 0 Å². The van der Waals surface area contributed by atoms with E-state index in [0.29, 0.717) is 17.3 Å². The van der Waals surface area contributed by atoms with Gasteiger partial charge in [-0.1, -0.05) is 24.4 Å². The zero-order valence-corrected chi connectivity index (χ0v) is 10.9. The second-order valence-electron chi connectivity index (χ2n) is 4.99. The maximum atomic E-state index is 10.4. The molecule has 0 radical (unpaired) electrons. The number of anilines is 2. The monoisotopic (exact) mass is 254 g/mol. The Kier molecular flexibility index (Phi) is 3.50. The van der Waals surface area contributed by atoms with Gasteiger partial charge in [-0.3, -0.25) is 0 Å². The third-order valence-corrected chi connectivity index (χ3v) is 3.70. The Morgan fingerprint density at radius 1 is 1.41 bits per heavy atom. The predicted molar refractivity (Wildman–Crippen MR) is 72.6 cm³/mol. The van der Waals surface area contributed by atoms with Crippen molar-refractivity contribution < 1.29 is 5.11 Å². The van der Waals surface area contributed by atoms with E-state index >= 15 is 0 Å². The average molecular weight is 255 g/mol. The highest BCUT2D eigenvalue weighted by Gasteiger charge is 2.32. The van der Waals surface area contributed by atoms with E-state index in [9.17, 15) is 5.11 Å². The lowest BCUT2D eigenvalue weighted by Gasteiger charge is -2.30. The SMILES string of the molecule is CN(CC1(O)CCCC1)c1ccc(Cl)cc1N. The van der Waals surface area contributed by atoms with Crippen molar-refractivity contribution in [3.63, 3.8) is 0 Å². The van der Waals surface area contributed by atoms with Crippen LogP contribution in [0.4, 0.5) is 11.4 Å². The van der Waals surface area contributed by atoms with Gasteiger partial charge in [0.25, 0.3) is 0 Å². The third-order valence-electron chi connectivity index (χ3n) is 3.47. The highest BCUT2D eigenvalue weighted by molar-refractivity contribution is 6.31. The summed E-state index contributed by atoms with van der Waals surface area (Å²) in [4.78, 5) is 2.01. The molecule has 1 fully saturated rings. The van der Waals surface area contributed by atoms with E-state index in [1.165, 1.54) is 0 Å². The van der Waals surface area contributed by atoms with Crippen molar-refractivity contribution in [2.45, 2.75) is 31.3 Å². The van der Waals surface area contributed by atoms with Gasteiger partial charge < -0.3 is 15.7 Å². The summed E-state index contributed by atoms with van der Waals surface area (Å²) in [5.74, 6) is 0. The molecule has 0 aromatic heterocycles. The fourth-order valence-electron chi connectivity index (χ4n) is 2.59. The molecule has 17 heavy (non-hydrogen) atoms. The highest BCUT2D eigenvalue weighted by atomic mass is 35.5. The number of nitrogen functional groups attached to an aromatic ring is 1. The van der Waals surface area contributed by atoms with Gasteiger partial charge in [0, 0.05) is 18.6 Å². The van der Waals surface area contributed by atoms with Gasteiger partial charge >= 0.3 is 0 Å². The number of rotatable bonds is 3. The largest absolute Gasteiger partial charge is 0.397 e. The fraction of sp³-hybridized carbons (Fsp3) is 0.538. The molecule has 4 heteroatoms. The van der Waals surface area contributed by atoms with Crippen LogP contribution in [0, 0.1) is 0 Å². The minimum Gasteiger partial charge on any atom is -0.397 e. The summed E-state index contributed by atoms with van der Waals surface area (Å²) < 4.78 is 0. The molecule has 0 saturated heterocycles. The van der Waals surface area contributed by atoms with Crippen LogP contribution in [0.3, 0.4) is 0 Å². The number of benzene rings is 1. The number of halogens is 1. The number of likely N-dealkylation sites (N-methyl/N-ethyl adjacent to an activating group) is 1. The van der Waals surface area contributed by atoms with Gasteiger partial charge in [0.2, 0.25) is 0 Å². The Labute approximate surface area is 107 Å². The summed E-state index contributed by atoms with van der Waals surface area (Å²) in [6.45, 7) is 0.624. The topological polar surface area (TPSA) is 49.5 Å². The molecule has 1 aliphatic rings. The Morgan fingerprint density at radius 3 is 2.65 bits per heavy atom. The lowest BCUT2D eigenvalue weighted by molar-refractivity contribution is 0.0559. The summed E-state index contributed by atoms with van der Waals surface area (Å²) in [5, 5.41) is 11.0. The lowest BCUT2D eigenvalue weighted by Crippen LogP contribution is -2.39. The number of hydrogen-bond donors (Lipinski definition) is 2. The molecule has 0 amide bonds. The molecule has 0 atom stereocenters. The molecule has 0 unspecified atom stereocenters.